The predicted octanol–water partition coefficient (Wildman–Crippen LogP) is 3.73. The minimum absolute atomic E-state index is 0. The average Bonchev–Trinajstić information content (AvgIpc) is 1.76. The third kappa shape index (κ3) is 26.1. The van der Waals surface area contributed by atoms with Gasteiger partial charge in [-0.15, -0.1) is 0 Å². The van der Waals surface area contributed by atoms with E-state index in [2.05, 4.69) is 10.2 Å². The van der Waals surface area contributed by atoms with Gasteiger partial charge in [0.15, 0.2) is 0 Å². The molecule has 0 aliphatic rings. The zero-order chi connectivity index (χ0) is 3.54. The van der Waals surface area contributed by atoms with Crippen LogP contribution in [-0.4, -0.2) is 10.2 Å². The van der Waals surface area contributed by atoms with Crippen LogP contribution in [0.15, 0.2) is 18.5 Å². The van der Waals surface area contributed by atoms with Gasteiger partial charge >= 0.3 is 19.8 Å². The summed E-state index contributed by atoms with van der Waals surface area (Å²) >= 11 is 0. The summed E-state index contributed by atoms with van der Waals surface area (Å²) in [6, 6.07) is 1.83. The van der Waals surface area contributed by atoms with Gasteiger partial charge in [0, 0.05) is 12.4 Å². The van der Waals surface area contributed by atoms with E-state index in [1.165, 1.54) is 0 Å². The Morgan fingerprint density at radius 3 is 1.55 bits per heavy atom. The molecule has 9 N–H and O–H groups in total. The Bertz CT molecular complexity index is 71.1. The summed E-state index contributed by atoms with van der Waals surface area (Å²) in [5.74, 6) is 0. The Morgan fingerprint density at radius 1 is 1.00 bits per heavy atom. The number of aromatic nitrogens is 2. The van der Waals surface area contributed by atoms with Gasteiger partial charge in [0.25, 0.3) is 0 Å². The molecule has 6 nitrogen and oxygen atoms in total. The zero-order valence-corrected chi connectivity index (χ0v) is 8.88. The molecule has 0 spiro atoms. The quantitative estimate of drug-likeness (QED) is 0.701. The molecule has 0 bridgehead atoms. The number of rotatable bonds is 0. The van der Waals surface area contributed by atoms with Crippen LogP contribution in [0.4, 0.5) is 0 Å². The standard InChI is InChI=1S/C3H4N2.CH3.4H2N.Os/c1-2-4-5-3-1;;;;;;/h1-3H,(H,4,5);1H3;4*1H2;/q;5*-1;+5. The summed E-state index contributed by atoms with van der Waals surface area (Å²) in [6.45, 7) is 0. The molecule has 0 aromatic carbocycles. The molecule has 11 heavy (non-hydrogen) atoms. The maximum atomic E-state index is 3.60. The van der Waals surface area contributed by atoms with Gasteiger partial charge in [-0.1, -0.05) is 0 Å². The third-order valence-electron chi connectivity index (χ3n) is 0.406. The van der Waals surface area contributed by atoms with Crippen LogP contribution in [0, 0.1) is 7.43 Å². The van der Waals surface area contributed by atoms with E-state index in [4.69, 9.17) is 0 Å². The first-order valence-corrected chi connectivity index (χ1v) is 1.44. The van der Waals surface area contributed by atoms with Gasteiger partial charge in [-0.3, -0.25) is 5.10 Å². The second-order valence-electron chi connectivity index (χ2n) is 0.766. The summed E-state index contributed by atoms with van der Waals surface area (Å²) in [4.78, 5) is 0. The van der Waals surface area contributed by atoms with Crippen molar-refractivity contribution in [2.75, 3.05) is 0 Å². The minimum Gasteiger partial charge on any atom is -0.693 e. The van der Waals surface area contributed by atoms with E-state index in [1.54, 1.807) is 12.4 Å². The van der Waals surface area contributed by atoms with Crippen molar-refractivity contribution in [3.05, 3.63) is 50.5 Å². The fourth-order valence-electron chi connectivity index (χ4n) is 0.215. The van der Waals surface area contributed by atoms with E-state index in [0.717, 1.165) is 0 Å². The molecule has 0 amide bonds. The van der Waals surface area contributed by atoms with Gasteiger partial charge in [-0.2, -0.15) is 5.10 Å². The van der Waals surface area contributed by atoms with Crippen LogP contribution in [0.3, 0.4) is 0 Å². The summed E-state index contributed by atoms with van der Waals surface area (Å²) in [7, 11) is 0. The molecule has 1 rings (SSSR count). The predicted molar refractivity (Wildman–Crippen MR) is 46.1 cm³/mol. The molecule has 0 aliphatic carbocycles. The first-order valence-electron chi connectivity index (χ1n) is 1.44. The number of aromatic amines is 1. The van der Waals surface area contributed by atoms with Crippen LogP contribution in [0.5, 0.6) is 0 Å². The SMILES string of the molecule is [CH3-].[NH2-].[NH2-].[NH2-].[NH2-].[Os+5].c1cn[nH]c1. The number of hydrogen-bond acceptors (Lipinski definition) is 1. The Balaban J connectivity index is -0.0000000104. The number of H-pyrrole nitrogens is 1. The zero-order valence-electron chi connectivity index (χ0n) is 6.34. The van der Waals surface area contributed by atoms with Crippen molar-refractivity contribution in [1.82, 2.24) is 10.2 Å². The van der Waals surface area contributed by atoms with E-state index in [-0.39, 0.29) is 51.8 Å². The van der Waals surface area contributed by atoms with Crippen molar-refractivity contribution >= 4 is 0 Å². The molecule has 0 aliphatic heterocycles. The monoisotopic (exact) mass is 339 g/mol. The Labute approximate surface area is 80.9 Å². The second-order valence-corrected chi connectivity index (χ2v) is 0.766. The molecule has 1 radical (unpaired) electrons. The molecular weight excluding hydrogens is 322 g/mol. The van der Waals surface area contributed by atoms with Crippen LogP contribution < -0.4 is 0 Å². The van der Waals surface area contributed by atoms with Crippen LogP contribution in [0.25, 0.3) is 24.6 Å². The first kappa shape index (κ1) is 45.7. The maximum Gasteiger partial charge on any atom is 5.00 e. The summed E-state index contributed by atoms with van der Waals surface area (Å²) < 4.78 is 0. The van der Waals surface area contributed by atoms with Crippen LogP contribution >= 0.6 is 0 Å². The Kier molecular flexibility index (Phi) is 138. The third-order valence-corrected chi connectivity index (χ3v) is 0.406. The maximum absolute atomic E-state index is 3.60. The Hall–Kier alpha value is -0.314. The van der Waals surface area contributed by atoms with Crippen LogP contribution in [0.1, 0.15) is 0 Å². The van der Waals surface area contributed by atoms with Gasteiger partial charge in [0.2, 0.25) is 0 Å². The van der Waals surface area contributed by atoms with Gasteiger partial charge < -0.3 is 32.0 Å². The largest absolute Gasteiger partial charge is 5.00 e. The molecule has 0 unspecified atom stereocenters. The van der Waals surface area contributed by atoms with Gasteiger partial charge in [0.1, 0.15) is 0 Å². The molecule has 0 saturated carbocycles. The van der Waals surface area contributed by atoms with Crippen molar-refractivity contribution in [3.63, 3.8) is 0 Å². The fraction of sp³-hybridized carbons (Fsp3) is 0. The Morgan fingerprint density at radius 2 is 1.45 bits per heavy atom. The van der Waals surface area contributed by atoms with E-state index in [1.807, 2.05) is 6.07 Å². The normalized spacial score (nSPS) is 3.64. The molecule has 69 valence electrons. The summed E-state index contributed by atoms with van der Waals surface area (Å²) in [5.41, 5.74) is 0. The van der Waals surface area contributed by atoms with Crippen molar-refractivity contribution < 1.29 is 19.8 Å². The molecule has 1 aromatic heterocycles. The van der Waals surface area contributed by atoms with E-state index in [9.17, 15) is 0 Å². The fourth-order valence-corrected chi connectivity index (χ4v) is 0.215. The smallest absolute Gasteiger partial charge is 0.693 e. The molecule has 0 atom stereocenters. The molecule has 1 heterocycles. The first-order chi connectivity index (χ1) is 2.50. The van der Waals surface area contributed by atoms with Crippen molar-refractivity contribution in [2.24, 2.45) is 0 Å². The molecular formula is C4H15N6Os. The van der Waals surface area contributed by atoms with Gasteiger partial charge in [-0.05, 0) is 6.07 Å². The van der Waals surface area contributed by atoms with Crippen molar-refractivity contribution in [2.45, 2.75) is 0 Å². The van der Waals surface area contributed by atoms with Crippen molar-refractivity contribution in [1.29, 1.82) is 0 Å². The van der Waals surface area contributed by atoms with E-state index >= 15 is 0 Å². The molecule has 7 heteroatoms. The molecule has 0 fully saturated rings. The number of hydrogen-bond donors (Lipinski definition) is 1. The number of nitrogens with one attached hydrogen (secondary N) is 1. The van der Waals surface area contributed by atoms with Crippen molar-refractivity contribution in [3.8, 4) is 0 Å². The molecule has 0 saturated heterocycles. The van der Waals surface area contributed by atoms with E-state index in [0.29, 0.717) is 0 Å². The number of nitrogens with two attached hydrogens (primary N) is 4. The topological polar surface area (TPSA) is 163 Å². The number of nitrogens with zero attached hydrogens (tertiary/aromatic N) is 1. The minimum atomic E-state index is 0. The van der Waals surface area contributed by atoms with Gasteiger partial charge in [0.05, 0.1) is 0 Å². The van der Waals surface area contributed by atoms with Gasteiger partial charge in [-0.25, -0.2) is 0 Å². The van der Waals surface area contributed by atoms with Crippen LogP contribution in [-0.2, 0) is 19.8 Å². The second kappa shape index (κ2) is 33.3. The summed E-state index contributed by atoms with van der Waals surface area (Å²) in [6.07, 6.45) is 3.46. The van der Waals surface area contributed by atoms with Crippen LogP contribution in [0.2, 0.25) is 0 Å². The average molecular weight is 337 g/mol. The summed E-state index contributed by atoms with van der Waals surface area (Å²) in [5, 5.41) is 6.21. The van der Waals surface area contributed by atoms with E-state index < -0.39 is 0 Å². The molecule has 1 aromatic rings.